The van der Waals surface area contributed by atoms with Gasteiger partial charge in [0, 0.05) is 44.7 Å². The third kappa shape index (κ3) is 10.0. The Balaban J connectivity index is 2.18. The van der Waals surface area contributed by atoms with Gasteiger partial charge in [-0.05, 0) is 48.1 Å². The number of amides is 1. The molecule has 0 heterocycles. The Morgan fingerprint density at radius 3 is 2.29 bits per heavy atom. The summed E-state index contributed by atoms with van der Waals surface area (Å²) in [7, 11) is -3.78. The van der Waals surface area contributed by atoms with Crippen LogP contribution in [0.25, 0.3) is 0 Å². The molecule has 0 saturated carbocycles. The zero-order valence-corrected chi connectivity index (χ0v) is 22.8. The molecule has 0 saturated heterocycles. The van der Waals surface area contributed by atoms with Crippen molar-refractivity contribution in [3.63, 3.8) is 0 Å². The zero-order chi connectivity index (χ0) is 28.3. The number of benzene rings is 2. The number of hydrogen-bond donors (Lipinski definition) is 3. The number of carbonyl (C=O) groups excluding carboxylic acids is 1. The highest BCUT2D eigenvalue weighted by atomic mass is 32.2. The molecule has 11 heteroatoms. The maximum atomic E-state index is 13.6. The van der Waals surface area contributed by atoms with Crippen molar-refractivity contribution in [1.29, 1.82) is 0 Å². The second kappa shape index (κ2) is 15.2. The topological polar surface area (TPSA) is 124 Å². The summed E-state index contributed by atoms with van der Waals surface area (Å²) < 4.78 is 53.9. The molecular formula is C27H39F2N3O5S. The van der Waals surface area contributed by atoms with Crippen molar-refractivity contribution in [3.05, 3.63) is 70.8 Å². The highest BCUT2D eigenvalue weighted by Crippen LogP contribution is 2.15. The Morgan fingerprint density at radius 2 is 1.68 bits per heavy atom. The van der Waals surface area contributed by atoms with Crippen molar-refractivity contribution in [2.24, 2.45) is 5.73 Å². The summed E-state index contributed by atoms with van der Waals surface area (Å²) in [6, 6.07) is 9.66. The van der Waals surface area contributed by atoms with Gasteiger partial charge in [-0.3, -0.25) is 4.79 Å². The minimum absolute atomic E-state index is 0.0231. The van der Waals surface area contributed by atoms with Crippen molar-refractivity contribution in [1.82, 2.24) is 9.21 Å². The van der Waals surface area contributed by atoms with Crippen molar-refractivity contribution in [2.45, 2.75) is 58.2 Å². The Hall–Kier alpha value is -2.44. The summed E-state index contributed by atoms with van der Waals surface area (Å²) in [4.78, 5) is 14.6. The second-order valence-electron chi connectivity index (χ2n) is 9.35. The van der Waals surface area contributed by atoms with Gasteiger partial charge in [-0.1, -0.05) is 38.1 Å². The zero-order valence-electron chi connectivity index (χ0n) is 22.0. The first-order valence-corrected chi connectivity index (χ1v) is 14.4. The van der Waals surface area contributed by atoms with Gasteiger partial charge in [0.05, 0.1) is 18.5 Å². The van der Waals surface area contributed by atoms with Crippen LogP contribution in [0.3, 0.4) is 0 Å². The molecule has 8 nitrogen and oxygen atoms in total. The van der Waals surface area contributed by atoms with Crippen molar-refractivity contribution < 1.29 is 32.2 Å². The quantitative estimate of drug-likeness (QED) is 0.292. The molecule has 212 valence electrons. The van der Waals surface area contributed by atoms with Gasteiger partial charge in [0.1, 0.15) is 11.6 Å². The monoisotopic (exact) mass is 555 g/mol. The number of rotatable bonds is 16. The average Bonchev–Trinajstić information content (AvgIpc) is 2.86. The fourth-order valence-electron chi connectivity index (χ4n) is 4.18. The summed E-state index contributed by atoms with van der Waals surface area (Å²) >= 11 is 0. The number of carbonyl (C=O) groups is 1. The number of nitrogens with zero attached hydrogens (tertiary/aromatic N) is 2. The Labute approximate surface area is 224 Å². The number of aliphatic hydroxyl groups is 2. The Bertz CT molecular complexity index is 1120. The number of sulfonamides is 1. The summed E-state index contributed by atoms with van der Waals surface area (Å²) in [6.07, 6.45) is -0.229. The smallest absolute Gasteiger partial charge is 0.224 e. The molecule has 2 atom stereocenters. The van der Waals surface area contributed by atoms with Crippen LogP contribution in [-0.4, -0.2) is 77.9 Å². The van der Waals surface area contributed by atoms with E-state index < -0.39 is 45.5 Å². The van der Waals surface area contributed by atoms with Gasteiger partial charge in [-0.25, -0.2) is 17.2 Å². The molecule has 0 aromatic heterocycles. The molecular weight excluding hydrogens is 516 g/mol. The summed E-state index contributed by atoms with van der Waals surface area (Å²) in [6.45, 7) is 3.61. The number of nitrogens with two attached hydrogens (primary N) is 1. The molecule has 2 rings (SSSR count). The van der Waals surface area contributed by atoms with Crippen LogP contribution in [0.2, 0.25) is 0 Å². The second-order valence-corrected chi connectivity index (χ2v) is 11.4. The lowest BCUT2D eigenvalue weighted by atomic mass is 10.0. The predicted molar refractivity (Wildman–Crippen MR) is 143 cm³/mol. The number of aryl methyl sites for hydroxylation is 1. The van der Waals surface area contributed by atoms with Gasteiger partial charge in [0.2, 0.25) is 15.9 Å². The molecule has 0 bridgehead atoms. The van der Waals surface area contributed by atoms with E-state index in [1.807, 2.05) is 38.1 Å². The van der Waals surface area contributed by atoms with E-state index in [1.54, 1.807) is 0 Å². The maximum Gasteiger partial charge on any atom is 0.224 e. The highest BCUT2D eigenvalue weighted by molar-refractivity contribution is 7.89. The van der Waals surface area contributed by atoms with Crippen LogP contribution in [0, 0.1) is 11.6 Å². The normalized spacial score (nSPS) is 13.5. The van der Waals surface area contributed by atoms with E-state index in [-0.39, 0.29) is 51.2 Å². The number of halogens is 2. The molecule has 4 N–H and O–H groups in total. The Kier molecular flexibility index (Phi) is 12.7. The van der Waals surface area contributed by atoms with E-state index >= 15 is 0 Å². The fraction of sp³-hybridized carbons (Fsp3) is 0.519. The van der Waals surface area contributed by atoms with Crippen LogP contribution in [0.5, 0.6) is 0 Å². The molecule has 0 aliphatic heterocycles. The highest BCUT2D eigenvalue weighted by Gasteiger charge is 2.26. The summed E-state index contributed by atoms with van der Waals surface area (Å²) in [5, 5.41) is 20.0. The molecule has 0 unspecified atom stereocenters. The summed E-state index contributed by atoms with van der Waals surface area (Å²) in [5.74, 6) is -2.44. The number of aliphatic hydroxyl groups excluding tert-OH is 2. The van der Waals surface area contributed by atoms with E-state index in [4.69, 9.17) is 5.73 Å². The van der Waals surface area contributed by atoms with Crippen molar-refractivity contribution >= 4 is 15.9 Å². The minimum atomic E-state index is -3.78. The molecule has 0 aliphatic carbocycles. The third-order valence-corrected chi connectivity index (χ3v) is 8.08. The van der Waals surface area contributed by atoms with E-state index in [1.165, 1.54) is 4.90 Å². The summed E-state index contributed by atoms with van der Waals surface area (Å²) in [5.41, 5.74) is 8.26. The number of hydrogen-bond acceptors (Lipinski definition) is 6. The molecule has 2 aromatic carbocycles. The van der Waals surface area contributed by atoms with Gasteiger partial charge in [0.25, 0.3) is 0 Å². The molecule has 0 radical (unpaired) electrons. The van der Waals surface area contributed by atoms with Crippen LogP contribution in [0.15, 0.2) is 42.5 Å². The average molecular weight is 556 g/mol. The largest absolute Gasteiger partial charge is 0.395 e. The molecule has 2 aromatic rings. The van der Waals surface area contributed by atoms with E-state index in [0.717, 1.165) is 40.1 Å². The lowest BCUT2D eigenvalue weighted by Crippen LogP contribution is -2.47. The van der Waals surface area contributed by atoms with Crippen molar-refractivity contribution in [3.8, 4) is 0 Å². The van der Waals surface area contributed by atoms with E-state index in [0.29, 0.717) is 6.42 Å². The van der Waals surface area contributed by atoms with Crippen LogP contribution >= 0.6 is 0 Å². The lowest BCUT2D eigenvalue weighted by molar-refractivity contribution is -0.133. The van der Waals surface area contributed by atoms with Gasteiger partial charge >= 0.3 is 0 Å². The molecule has 0 fully saturated rings. The first-order chi connectivity index (χ1) is 18.0. The molecule has 1 amide bonds. The third-order valence-electron chi connectivity index (χ3n) is 6.21. The standard InChI is InChI=1S/C27H39F2N3O5S/c1-3-9-32(10-11-33)38(36,37)12-8-27(35)31(18-21-7-5-6-20(4-2)13-21)19-26(34)25(30)16-22-14-23(28)17-24(29)15-22/h5-7,13-15,17,25-26,33-34H,3-4,8-12,16,18-19,30H2,1-2H3/t25-,26+/m0/s1. The predicted octanol–water partition coefficient (Wildman–Crippen LogP) is 2.21. The van der Waals surface area contributed by atoms with E-state index in [2.05, 4.69) is 0 Å². The van der Waals surface area contributed by atoms with Crippen molar-refractivity contribution in [2.75, 3.05) is 32.0 Å². The first-order valence-electron chi connectivity index (χ1n) is 12.8. The van der Waals surface area contributed by atoms with E-state index in [9.17, 15) is 32.2 Å². The SMILES string of the molecule is CCCN(CCO)S(=O)(=O)CCC(=O)N(Cc1cccc(CC)c1)C[C@@H](O)[C@@H](N)Cc1cc(F)cc(F)c1. The van der Waals surface area contributed by atoms with Crippen LogP contribution in [0.4, 0.5) is 8.78 Å². The molecule has 38 heavy (non-hydrogen) atoms. The van der Waals surface area contributed by atoms with Gasteiger partial charge < -0.3 is 20.8 Å². The van der Waals surface area contributed by atoms with Gasteiger partial charge in [0.15, 0.2) is 0 Å². The molecule has 0 spiro atoms. The van der Waals surface area contributed by atoms with Gasteiger partial charge in [-0.2, -0.15) is 4.31 Å². The minimum Gasteiger partial charge on any atom is -0.395 e. The van der Waals surface area contributed by atoms with Crippen LogP contribution in [0.1, 0.15) is 43.4 Å². The van der Waals surface area contributed by atoms with Crippen LogP contribution in [-0.2, 0) is 34.2 Å². The Morgan fingerprint density at radius 1 is 1.03 bits per heavy atom. The lowest BCUT2D eigenvalue weighted by Gasteiger charge is -2.29. The molecule has 0 aliphatic rings. The fourth-order valence-corrected chi connectivity index (χ4v) is 5.69. The maximum absolute atomic E-state index is 13.6. The van der Waals surface area contributed by atoms with Gasteiger partial charge in [-0.15, -0.1) is 0 Å². The first kappa shape index (κ1) is 31.8. The van der Waals surface area contributed by atoms with Crippen LogP contribution < -0.4 is 5.73 Å².